The van der Waals surface area contributed by atoms with E-state index in [0.29, 0.717) is 5.92 Å². The predicted molar refractivity (Wildman–Crippen MR) is 84.8 cm³/mol. The molecule has 1 aromatic rings. The Morgan fingerprint density at radius 2 is 2.10 bits per heavy atom. The predicted octanol–water partition coefficient (Wildman–Crippen LogP) is 4.46. The highest BCUT2D eigenvalue weighted by Crippen LogP contribution is 2.26. The van der Waals surface area contributed by atoms with Gasteiger partial charge in [0, 0.05) is 6.54 Å². The summed E-state index contributed by atoms with van der Waals surface area (Å²) in [5, 5.41) is 3.39. The Morgan fingerprint density at radius 3 is 2.81 bits per heavy atom. The highest BCUT2D eigenvalue weighted by molar-refractivity contribution is 5.19. The van der Waals surface area contributed by atoms with Gasteiger partial charge in [-0.25, -0.2) is 4.39 Å². The Labute approximate surface area is 128 Å². The summed E-state index contributed by atoms with van der Waals surface area (Å²) in [7, 11) is 0. The zero-order valence-corrected chi connectivity index (χ0v) is 13.1. The van der Waals surface area contributed by atoms with Crippen molar-refractivity contribution >= 4 is 0 Å². The van der Waals surface area contributed by atoms with Crippen molar-refractivity contribution in [1.29, 1.82) is 0 Å². The van der Waals surface area contributed by atoms with E-state index in [1.165, 1.54) is 38.2 Å². The van der Waals surface area contributed by atoms with E-state index in [-0.39, 0.29) is 11.9 Å². The van der Waals surface area contributed by atoms with Crippen molar-refractivity contribution in [3.05, 3.63) is 35.6 Å². The van der Waals surface area contributed by atoms with Crippen molar-refractivity contribution in [2.45, 2.75) is 51.6 Å². The van der Waals surface area contributed by atoms with E-state index in [9.17, 15) is 4.39 Å². The topological polar surface area (TPSA) is 21.3 Å². The quantitative estimate of drug-likeness (QED) is 0.714. The van der Waals surface area contributed by atoms with Crippen molar-refractivity contribution in [3.8, 4) is 0 Å². The average molecular weight is 293 g/mol. The first-order valence-corrected chi connectivity index (χ1v) is 8.37. The molecule has 0 bridgehead atoms. The van der Waals surface area contributed by atoms with Gasteiger partial charge < -0.3 is 10.1 Å². The molecule has 1 unspecified atom stereocenters. The summed E-state index contributed by atoms with van der Waals surface area (Å²) in [6.07, 6.45) is 7.62. The lowest BCUT2D eigenvalue weighted by Gasteiger charge is -2.25. The molecule has 3 heteroatoms. The van der Waals surface area contributed by atoms with E-state index in [4.69, 9.17) is 4.74 Å². The largest absolute Gasteiger partial charge is 0.372 e. The summed E-state index contributed by atoms with van der Waals surface area (Å²) in [5.41, 5.74) is 0.939. The third-order valence-corrected chi connectivity index (χ3v) is 4.23. The molecule has 21 heavy (non-hydrogen) atoms. The second-order valence-corrected chi connectivity index (χ2v) is 6.09. The minimum Gasteiger partial charge on any atom is -0.372 e. The van der Waals surface area contributed by atoms with Crippen molar-refractivity contribution in [2.24, 2.45) is 5.92 Å². The van der Waals surface area contributed by atoms with Crippen molar-refractivity contribution in [2.75, 3.05) is 19.7 Å². The van der Waals surface area contributed by atoms with Gasteiger partial charge in [-0.15, -0.1) is 0 Å². The minimum atomic E-state index is -0.186. The number of rotatable bonds is 8. The zero-order valence-electron chi connectivity index (χ0n) is 13.1. The molecule has 118 valence electrons. The Hall–Kier alpha value is -0.930. The van der Waals surface area contributed by atoms with Gasteiger partial charge in [0.15, 0.2) is 0 Å². The first-order chi connectivity index (χ1) is 10.3. The summed E-state index contributed by atoms with van der Waals surface area (Å²) in [4.78, 5) is 0. The van der Waals surface area contributed by atoms with Gasteiger partial charge in [-0.3, -0.25) is 0 Å². The van der Waals surface area contributed by atoms with Crippen LogP contribution < -0.4 is 5.32 Å². The standard InChI is InChI=1S/C18H28FNO/c1-2-11-20-13-18(16-9-6-10-17(19)12-16)21-14-15-7-4-3-5-8-15/h6,9-10,12,15,18,20H,2-5,7-8,11,13-14H2,1H3. The number of hydrogen-bond acceptors (Lipinski definition) is 2. The maximum Gasteiger partial charge on any atom is 0.123 e. The highest BCUT2D eigenvalue weighted by Gasteiger charge is 2.18. The van der Waals surface area contributed by atoms with Crippen LogP contribution in [0.2, 0.25) is 0 Å². The number of benzene rings is 1. The maximum absolute atomic E-state index is 13.4. The Balaban J connectivity index is 1.91. The first-order valence-electron chi connectivity index (χ1n) is 8.37. The van der Waals surface area contributed by atoms with E-state index in [0.717, 1.165) is 31.7 Å². The van der Waals surface area contributed by atoms with Crippen molar-refractivity contribution in [1.82, 2.24) is 5.32 Å². The Bertz CT molecular complexity index is 404. The molecule has 2 nitrogen and oxygen atoms in total. The first kappa shape index (κ1) is 16.4. The molecule has 1 aliphatic carbocycles. The van der Waals surface area contributed by atoms with Crippen LogP contribution in [0.25, 0.3) is 0 Å². The number of halogens is 1. The molecule has 0 heterocycles. The average Bonchev–Trinajstić information content (AvgIpc) is 2.52. The van der Waals surface area contributed by atoms with Gasteiger partial charge in [0.2, 0.25) is 0 Å². The molecular weight excluding hydrogens is 265 g/mol. The molecule has 0 aliphatic heterocycles. The molecule has 1 atom stereocenters. The summed E-state index contributed by atoms with van der Waals surface area (Å²) >= 11 is 0. The molecule has 1 fully saturated rings. The lowest BCUT2D eigenvalue weighted by Crippen LogP contribution is -2.26. The molecule has 1 N–H and O–H groups in total. The van der Waals surface area contributed by atoms with Gasteiger partial charge in [-0.05, 0) is 49.4 Å². The number of ether oxygens (including phenoxy) is 1. The minimum absolute atomic E-state index is 0.0471. The number of nitrogens with one attached hydrogen (secondary N) is 1. The van der Waals surface area contributed by atoms with Crippen LogP contribution in [0.4, 0.5) is 4.39 Å². The fourth-order valence-corrected chi connectivity index (χ4v) is 3.00. The SMILES string of the molecule is CCCNCC(OCC1CCCCC1)c1cccc(F)c1. The zero-order chi connectivity index (χ0) is 14.9. The Kier molecular flexibility index (Phi) is 7.17. The summed E-state index contributed by atoms with van der Waals surface area (Å²) in [6, 6.07) is 6.81. The fraction of sp³-hybridized carbons (Fsp3) is 0.667. The van der Waals surface area contributed by atoms with Crippen LogP contribution >= 0.6 is 0 Å². The van der Waals surface area contributed by atoms with Crippen LogP contribution in [0.15, 0.2) is 24.3 Å². The Morgan fingerprint density at radius 1 is 1.29 bits per heavy atom. The molecule has 0 amide bonds. The molecule has 1 aliphatic rings. The lowest BCUT2D eigenvalue weighted by molar-refractivity contribution is 0.0199. The molecule has 1 aromatic carbocycles. The van der Waals surface area contributed by atoms with Gasteiger partial charge >= 0.3 is 0 Å². The maximum atomic E-state index is 13.4. The van der Waals surface area contributed by atoms with Crippen LogP contribution in [0.1, 0.15) is 57.1 Å². The van der Waals surface area contributed by atoms with Gasteiger partial charge in [-0.1, -0.05) is 38.3 Å². The third-order valence-electron chi connectivity index (χ3n) is 4.23. The van der Waals surface area contributed by atoms with Crippen LogP contribution in [0.5, 0.6) is 0 Å². The van der Waals surface area contributed by atoms with Crippen LogP contribution in [0, 0.1) is 11.7 Å². The van der Waals surface area contributed by atoms with E-state index in [1.807, 2.05) is 6.07 Å². The van der Waals surface area contributed by atoms with Crippen molar-refractivity contribution in [3.63, 3.8) is 0 Å². The van der Waals surface area contributed by atoms with E-state index < -0.39 is 0 Å². The second-order valence-electron chi connectivity index (χ2n) is 6.09. The highest BCUT2D eigenvalue weighted by atomic mass is 19.1. The van der Waals surface area contributed by atoms with Gasteiger partial charge in [0.05, 0.1) is 12.7 Å². The fourth-order valence-electron chi connectivity index (χ4n) is 3.00. The van der Waals surface area contributed by atoms with Gasteiger partial charge in [-0.2, -0.15) is 0 Å². The summed E-state index contributed by atoms with van der Waals surface area (Å²) in [5.74, 6) is 0.496. The molecule has 0 aromatic heterocycles. The van der Waals surface area contributed by atoms with Gasteiger partial charge in [0.1, 0.15) is 5.82 Å². The molecule has 0 radical (unpaired) electrons. The van der Waals surface area contributed by atoms with Crippen LogP contribution in [-0.2, 0) is 4.74 Å². The molecule has 1 saturated carbocycles. The summed E-state index contributed by atoms with van der Waals surface area (Å²) in [6.45, 7) is 4.67. The molecular formula is C18H28FNO. The molecule has 0 saturated heterocycles. The monoisotopic (exact) mass is 293 g/mol. The third kappa shape index (κ3) is 5.76. The summed E-state index contributed by atoms with van der Waals surface area (Å²) < 4.78 is 19.6. The van der Waals surface area contributed by atoms with E-state index in [2.05, 4.69) is 12.2 Å². The number of hydrogen-bond donors (Lipinski definition) is 1. The van der Waals surface area contributed by atoms with E-state index in [1.54, 1.807) is 12.1 Å². The van der Waals surface area contributed by atoms with Crippen LogP contribution in [-0.4, -0.2) is 19.7 Å². The van der Waals surface area contributed by atoms with E-state index >= 15 is 0 Å². The van der Waals surface area contributed by atoms with Crippen molar-refractivity contribution < 1.29 is 9.13 Å². The van der Waals surface area contributed by atoms with Crippen LogP contribution in [0.3, 0.4) is 0 Å². The lowest BCUT2D eigenvalue weighted by atomic mass is 9.90. The molecule has 2 rings (SSSR count). The molecule has 0 spiro atoms. The van der Waals surface area contributed by atoms with Gasteiger partial charge in [0.25, 0.3) is 0 Å². The smallest absolute Gasteiger partial charge is 0.123 e. The second kappa shape index (κ2) is 9.16. The normalized spacial score (nSPS) is 17.8.